The molecule has 1 fully saturated rings. The monoisotopic (exact) mass is 198 g/mol. The predicted octanol–water partition coefficient (Wildman–Crippen LogP) is 3.01. The van der Waals surface area contributed by atoms with E-state index < -0.39 is 0 Å². The molecule has 1 rings (SSSR count). The van der Waals surface area contributed by atoms with Crippen LogP contribution in [0.5, 0.6) is 0 Å². The van der Waals surface area contributed by atoms with Gasteiger partial charge in [0.2, 0.25) is 0 Å². The fraction of sp³-hybridized carbons (Fsp3) is 0.917. The average molecular weight is 198 g/mol. The quantitative estimate of drug-likeness (QED) is 0.652. The normalized spacial score (nSPS) is 21.5. The van der Waals surface area contributed by atoms with E-state index in [0.29, 0.717) is 12.3 Å². The SMILES string of the molecule is COC(=O)CC(C)(C1CC1)C(C)(C)C. The zero-order valence-corrected chi connectivity index (χ0v) is 10.0. The Bertz CT molecular complexity index is 223. The van der Waals surface area contributed by atoms with Crippen LogP contribution >= 0.6 is 0 Å². The van der Waals surface area contributed by atoms with Gasteiger partial charge in [0.15, 0.2) is 0 Å². The summed E-state index contributed by atoms with van der Waals surface area (Å²) in [5, 5.41) is 0. The van der Waals surface area contributed by atoms with Crippen molar-refractivity contribution in [1.29, 1.82) is 0 Å². The lowest BCUT2D eigenvalue weighted by Crippen LogP contribution is -2.37. The van der Waals surface area contributed by atoms with E-state index in [2.05, 4.69) is 27.7 Å². The van der Waals surface area contributed by atoms with Crippen LogP contribution in [-0.2, 0) is 9.53 Å². The van der Waals surface area contributed by atoms with Crippen molar-refractivity contribution < 1.29 is 9.53 Å². The zero-order chi connectivity index (χ0) is 11.0. The van der Waals surface area contributed by atoms with Crippen LogP contribution in [0.25, 0.3) is 0 Å². The summed E-state index contributed by atoms with van der Waals surface area (Å²) in [6, 6.07) is 0. The molecule has 2 heteroatoms. The molecule has 2 nitrogen and oxygen atoms in total. The number of methoxy groups -OCH3 is 1. The maximum Gasteiger partial charge on any atom is 0.306 e. The van der Waals surface area contributed by atoms with Crippen molar-refractivity contribution in [2.24, 2.45) is 16.7 Å². The number of rotatable bonds is 3. The fourth-order valence-corrected chi connectivity index (χ4v) is 2.11. The highest BCUT2D eigenvalue weighted by molar-refractivity contribution is 5.70. The summed E-state index contributed by atoms with van der Waals surface area (Å²) in [4.78, 5) is 11.4. The number of carbonyl (C=O) groups is 1. The predicted molar refractivity (Wildman–Crippen MR) is 56.9 cm³/mol. The molecular weight excluding hydrogens is 176 g/mol. The molecule has 0 saturated heterocycles. The molecule has 1 atom stereocenters. The molecule has 0 N–H and O–H groups in total. The van der Waals surface area contributed by atoms with Crippen molar-refractivity contribution in [3.63, 3.8) is 0 Å². The van der Waals surface area contributed by atoms with E-state index in [-0.39, 0.29) is 16.8 Å². The third kappa shape index (κ3) is 2.10. The molecule has 0 amide bonds. The second-order valence-corrected chi connectivity index (χ2v) is 5.69. The molecule has 14 heavy (non-hydrogen) atoms. The number of esters is 1. The fourth-order valence-electron chi connectivity index (χ4n) is 2.11. The number of hydrogen-bond donors (Lipinski definition) is 0. The van der Waals surface area contributed by atoms with Crippen LogP contribution in [0.3, 0.4) is 0 Å². The summed E-state index contributed by atoms with van der Waals surface area (Å²) in [6.07, 6.45) is 3.09. The van der Waals surface area contributed by atoms with Gasteiger partial charge in [-0.05, 0) is 29.6 Å². The van der Waals surface area contributed by atoms with Crippen molar-refractivity contribution in [2.75, 3.05) is 7.11 Å². The zero-order valence-electron chi connectivity index (χ0n) is 10.0. The minimum atomic E-state index is -0.0747. The van der Waals surface area contributed by atoms with Gasteiger partial charge in [-0.2, -0.15) is 0 Å². The third-order valence-corrected chi connectivity index (χ3v) is 3.93. The Hall–Kier alpha value is -0.530. The molecule has 0 bridgehead atoms. The minimum absolute atomic E-state index is 0.0747. The topological polar surface area (TPSA) is 26.3 Å². The largest absolute Gasteiger partial charge is 0.469 e. The summed E-state index contributed by atoms with van der Waals surface area (Å²) in [5.41, 5.74) is 0.266. The number of carbonyl (C=O) groups excluding carboxylic acids is 1. The Balaban J connectivity index is 2.76. The summed E-state index contributed by atoms with van der Waals surface area (Å²) >= 11 is 0. The van der Waals surface area contributed by atoms with Crippen LogP contribution in [0.2, 0.25) is 0 Å². The third-order valence-electron chi connectivity index (χ3n) is 3.93. The van der Waals surface area contributed by atoms with E-state index in [4.69, 9.17) is 4.74 Å². The average Bonchev–Trinajstić information content (AvgIpc) is 2.84. The number of hydrogen-bond acceptors (Lipinski definition) is 2. The Morgan fingerprint density at radius 1 is 1.29 bits per heavy atom. The molecule has 0 spiro atoms. The summed E-state index contributed by atoms with van der Waals surface area (Å²) < 4.78 is 4.78. The van der Waals surface area contributed by atoms with Gasteiger partial charge in [-0.25, -0.2) is 0 Å². The van der Waals surface area contributed by atoms with Gasteiger partial charge in [0, 0.05) is 0 Å². The van der Waals surface area contributed by atoms with Crippen molar-refractivity contribution in [3.05, 3.63) is 0 Å². The Morgan fingerprint density at radius 2 is 1.79 bits per heavy atom. The first-order chi connectivity index (χ1) is 6.31. The van der Waals surface area contributed by atoms with E-state index in [9.17, 15) is 4.79 Å². The van der Waals surface area contributed by atoms with Gasteiger partial charge in [-0.3, -0.25) is 4.79 Å². The van der Waals surface area contributed by atoms with Gasteiger partial charge < -0.3 is 4.74 Å². The van der Waals surface area contributed by atoms with Crippen LogP contribution in [0.4, 0.5) is 0 Å². The van der Waals surface area contributed by atoms with Gasteiger partial charge >= 0.3 is 5.97 Å². The summed E-state index contributed by atoms with van der Waals surface area (Å²) in [7, 11) is 1.47. The van der Waals surface area contributed by atoms with Crippen molar-refractivity contribution in [3.8, 4) is 0 Å². The van der Waals surface area contributed by atoms with Crippen LogP contribution in [0, 0.1) is 16.7 Å². The van der Waals surface area contributed by atoms with Crippen molar-refractivity contribution in [1.82, 2.24) is 0 Å². The first-order valence-electron chi connectivity index (χ1n) is 5.38. The Kier molecular flexibility index (Phi) is 2.93. The van der Waals surface area contributed by atoms with E-state index >= 15 is 0 Å². The van der Waals surface area contributed by atoms with Crippen LogP contribution in [0.1, 0.15) is 47.0 Å². The summed E-state index contributed by atoms with van der Waals surface area (Å²) in [5.74, 6) is 0.635. The molecule has 1 aliphatic carbocycles. The second kappa shape index (κ2) is 3.56. The smallest absolute Gasteiger partial charge is 0.306 e. The Morgan fingerprint density at radius 3 is 2.07 bits per heavy atom. The standard InChI is InChI=1S/C12H22O2/c1-11(2,3)12(4,9-6-7-9)8-10(13)14-5/h9H,6-8H2,1-5H3. The molecule has 0 heterocycles. The van der Waals surface area contributed by atoms with Gasteiger partial charge in [-0.1, -0.05) is 27.7 Å². The van der Waals surface area contributed by atoms with Crippen LogP contribution < -0.4 is 0 Å². The van der Waals surface area contributed by atoms with Gasteiger partial charge in [0.05, 0.1) is 13.5 Å². The lowest BCUT2D eigenvalue weighted by molar-refractivity contribution is -0.146. The van der Waals surface area contributed by atoms with E-state index in [1.54, 1.807) is 0 Å². The van der Waals surface area contributed by atoms with E-state index in [1.807, 2.05) is 0 Å². The molecule has 1 aliphatic rings. The molecule has 0 radical (unpaired) electrons. The molecule has 0 aliphatic heterocycles. The number of ether oxygens (including phenoxy) is 1. The summed E-state index contributed by atoms with van der Waals surface area (Å²) in [6.45, 7) is 8.87. The molecule has 0 aromatic carbocycles. The van der Waals surface area contributed by atoms with Crippen molar-refractivity contribution in [2.45, 2.75) is 47.0 Å². The molecular formula is C12H22O2. The lowest BCUT2D eigenvalue weighted by atomic mass is 9.63. The highest BCUT2D eigenvalue weighted by Crippen LogP contribution is 2.56. The van der Waals surface area contributed by atoms with E-state index in [1.165, 1.54) is 20.0 Å². The minimum Gasteiger partial charge on any atom is -0.469 e. The molecule has 0 aromatic heterocycles. The molecule has 82 valence electrons. The highest BCUT2D eigenvalue weighted by atomic mass is 16.5. The molecule has 1 unspecified atom stereocenters. The van der Waals surface area contributed by atoms with Gasteiger partial charge in [0.1, 0.15) is 0 Å². The molecule has 0 aromatic rings. The highest BCUT2D eigenvalue weighted by Gasteiger charge is 2.50. The first kappa shape index (κ1) is 11.5. The van der Waals surface area contributed by atoms with Gasteiger partial charge in [0.25, 0.3) is 0 Å². The first-order valence-corrected chi connectivity index (χ1v) is 5.38. The van der Waals surface area contributed by atoms with E-state index in [0.717, 1.165) is 0 Å². The van der Waals surface area contributed by atoms with Crippen LogP contribution in [0.15, 0.2) is 0 Å². The maximum absolute atomic E-state index is 11.4. The van der Waals surface area contributed by atoms with Crippen molar-refractivity contribution >= 4 is 5.97 Å². The maximum atomic E-state index is 11.4. The molecule has 1 saturated carbocycles. The van der Waals surface area contributed by atoms with Gasteiger partial charge in [-0.15, -0.1) is 0 Å². The van der Waals surface area contributed by atoms with Crippen LogP contribution in [-0.4, -0.2) is 13.1 Å². The second-order valence-electron chi connectivity index (χ2n) is 5.69. The lowest BCUT2D eigenvalue weighted by Gasteiger charge is -2.42. The Labute approximate surface area is 87.0 Å².